The maximum absolute atomic E-state index is 12.9. The Kier molecular flexibility index (Phi) is 3.67. The van der Waals surface area contributed by atoms with Gasteiger partial charge in [-0.15, -0.1) is 11.3 Å². The highest BCUT2D eigenvalue weighted by molar-refractivity contribution is 7.10. The molecule has 5 rings (SSSR count). The number of para-hydroxylation sites is 2. The molecule has 0 spiro atoms. The molecule has 0 unspecified atom stereocenters. The van der Waals surface area contributed by atoms with Crippen LogP contribution in [0.1, 0.15) is 16.1 Å². The number of anilines is 1. The Labute approximate surface area is 156 Å². The largest absolute Gasteiger partial charge is 0.353 e. The van der Waals surface area contributed by atoms with Crippen LogP contribution in [0.3, 0.4) is 0 Å². The SMILES string of the molecule is Cc1nc2ccccc2nc1N1CC(C(=O)N2CCc3sccc3C2)C1. The summed E-state index contributed by atoms with van der Waals surface area (Å²) >= 11 is 1.81. The highest BCUT2D eigenvalue weighted by Gasteiger charge is 2.37. The van der Waals surface area contributed by atoms with Gasteiger partial charge in [-0.25, -0.2) is 9.97 Å². The number of amides is 1. The Bertz CT molecular complexity index is 992. The number of hydrogen-bond acceptors (Lipinski definition) is 5. The summed E-state index contributed by atoms with van der Waals surface area (Å²) < 4.78 is 0. The first kappa shape index (κ1) is 15.8. The van der Waals surface area contributed by atoms with Crippen molar-refractivity contribution in [1.29, 1.82) is 0 Å². The quantitative estimate of drug-likeness (QED) is 0.701. The zero-order valence-electron chi connectivity index (χ0n) is 14.7. The van der Waals surface area contributed by atoms with Crippen LogP contribution in [0.2, 0.25) is 0 Å². The minimum atomic E-state index is 0.0721. The van der Waals surface area contributed by atoms with Crippen LogP contribution in [0, 0.1) is 12.8 Å². The van der Waals surface area contributed by atoms with Crippen LogP contribution < -0.4 is 4.90 Å². The monoisotopic (exact) mass is 364 g/mol. The van der Waals surface area contributed by atoms with Crippen LogP contribution in [0.5, 0.6) is 0 Å². The zero-order valence-corrected chi connectivity index (χ0v) is 15.5. The molecule has 0 radical (unpaired) electrons. The standard InChI is InChI=1S/C20H20N4OS/c1-13-19(22-17-5-3-2-4-16(17)21-13)24-11-15(12-24)20(25)23-8-6-18-14(10-23)7-9-26-18/h2-5,7,9,15H,6,8,10-12H2,1H3. The summed E-state index contributed by atoms with van der Waals surface area (Å²) in [5, 5.41) is 2.13. The second kappa shape index (κ2) is 6.06. The maximum Gasteiger partial charge on any atom is 0.229 e. The summed E-state index contributed by atoms with van der Waals surface area (Å²) in [4.78, 5) is 27.9. The summed E-state index contributed by atoms with van der Waals surface area (Å²) in [5.41, 5.74) is 4.07. The fourth-order valence-corrected chi connectivity index (χ4v) is 4.77. The minimum Gasteiger partial charge on any atom is -0.353 e. The molecule has 0 aliphatic carbocycles. The summed E-state index contributed by atoms with van der Waals surface area (Å²) in [6.45, 7) is 5.08. The van der Waals surface area contributed by atoms with Gasteiger partial charge in [0.25, 0.3) is 0 Å². The van der Waals surface area contributed by atoms with Gasteiger partial charge in [0.1, 0.15) is 0 Å². The number of nitrogens with zero attached hydrogens (tertiary/aromatic N) is 4. The van der Waals surface area contributed by atoms with Crippen LogP contribution in [0.15, 0.2) is 35.7 Å². The van der Waals surface area contributed by atoms with E-state index in [1.165, 1.54) is 10.4 Å². The Morgan fingerprint density at radius 1 is 1.15 bits per heavy atom. The van der Waals surface area contributed by atoms with Gasteiger partial charge in [-0.2, -0.15) is 0 Å². The number of rotatable bonds is 2. The van der Waals surface area contributed by atoms with E-state index >= 15 is 0 Å². The minimum absolute atomic E-state index is 0.0721. The number of thiophene rings is 1. The van der Waals surface area contributed by atoms with E-state index in [1.807, 2.05) is 36.1 Å². The molecule has 2 aromatic heterocycles. The van der Waals surface area contributed by atoms with E-state index in [4.69, 9.17) is 4.98 Å². The van der Waals surface area contributed by atoms with E-state index in [9.17, 15) is 4.79 Å². The highest BCUT2D eigenvalue weighted by atomic mass is 32.1. The third-order valence-electron chi connectivity index (χ3n) is 5.37. The number of hydrogen-bond donors (Lipinski definition) is 0. The highest BCUT2D eigenvalue weighted by Crippen LogP contribution is 2.30. The predicted octanol–water partition coefficient (Wildman–Crippen LogP) is 3.02. The molecular weight excluding hydrogens is 344 g/mol. The summed E-state index contributed by atoms with van der Waals surface area (Å²) in [5.74, 6) is 1.26. The Morgan fingerprint density at radius 3 is 2.73 bits per heavy atom. The second-order valence-corrected chi connectivity index (χ2v) is 8.10. The van der Waals surface area contributed by atoms with Gasteiger partial charge in [-0.3, -0.25) is 4.79 Å². The molecule has 3 aromatic rings. The number of carbonyl (C=O) groups excluding carboxylic acids is 1. The number of carbonyl (C=O) groups is 1. The van der Waals surface area contributed by atoms with Crippen LogP contribution in [0.4, 0.5) is 5.82 Å². The van der Waals surface area contributed by atoms with Gasteiger partial charge in [0.15, 0.2) is 5.82 Å². The van der Waals surface area contributed by atoms with Gasteiger partial charge in [0.2, 0.25) is 5.91 Å². The molecule has 0 atom stereocenters. The van der Waals surface area contributed by atoms with E-state index in [-0.39, 0.29) is 11.8 Å². The van der Waals surface area contributed by atoms with Crippen molar-refractivity contribution in [2.24, 2.45) is 5.92 Å². The van der Waals surface area contributed by atoms with Gasteiger partial charge >= 0.3 is 0 Å². The smallest absolute Gasteiger partial charge is 0.229 e. The first-order valence-corrected chi connectivity index (χ1v) is 9.89. The fraction of sp³-hybridized carbons (Fsp3) is 0.350. The van der Waals surface area contributed by atoms with E-state index < -0.39 is 0 Å². The first-order valence-electron chi connectivity index (χ1n) is 9.01. The van der Waals surface area contributed by atoms with E-state index in [0.29, 0.717) is 0 Å². The van der Waals surface area contributed by atoms with Crippen molar-refractivity contribution in [1.82, 2.24) is 14.9 Å². The van der Waals surface area contributed by atoms with Crippen molar-refractivity contribution in [3.05, 3.63) is 51.8 Å². The molecule has 6 heteroatoms. The van der Waals surface area contributed by atoms with Crippen molar-refractivity contribution in [2.45, 2.75) is 19.9 Å². The summed E-state index contributed by atoms with van der Waals surface area (Å²) in [6, 6.07) is 10.1. The molecule has 26 heavy (non-hydrogen) atoms. The normalized spacial score (nSPS) is 17.3. The number of fused-ring (bicyclic) bond motifs is 2. The zero-order chi connectivity index (χ0) is 17.7. The van der Waals surface area contributed by atoms with E-state index in [1.54, 1.807) is 11.3 Å². The van der Waals surface area contributed by atoms with Gasteiger partial charge in [0, 0.05) is 31.1 Å². The molecule has 0 bridgehead atoms. The third-order valence-corrected chi connectivity index (χ3v) is 6.39. The third kappa shape index (κ3) is 2.56. The molecule has 5 nitrogen and oxygen atoms in total. The number of benzene rings is 1. The molecular formula is C20H20N4OS. The second-order valence-electron chi connectivity index (χ2n) is 7.10. The lowest BCUT2D eigenvalue weighted by atomic mass is 9.96. The number of aromatic nitrogens is 2. The van der Waals surface area contributed by atoms with Crippen LogP contribution in [-0.4, -0.2) is 40.4 Å². The van der Waals surface area contributed by atoms with Crippen molar-refractivity contribution in [2.75, 3.05) is 24.5 Å². The molecule has 2 aliphatic rings. The summed E-state index contributed by atoms with van der Waals surface area (Å²) in [7, 11) is 0. The van der Waals surface area contributed by atoms with Crippen LogP contribution in [-0.2, 0) is 17.8 Å². The van der Waals surface area contributed by atoms with Crippen LogP contribution >= 0.6 is 11.3 Å². The topological polar surface area (TPSA) is 49.3 Å². The van der Waals surface area contributed by atoms with Crippen LogP contribution in [0.25, 0.3) is 11.0 Å². The number of aryl methyl sites for hydroxylation is 1. The maximum atomic E-state index is 12.9. The summed E-state index contributed by atoms with van der Waals surface area (Å²) in [6.07, 6.45) is 0.991. The molecule has 4 heterocycles. The molecule has 0 saturated carbocycles. The van der Waals surface area contributed by atoms with Crippen molar-refractivity contribution in [3.8, 4) is 0 Å². The average Bonchev–Trinajstić information content (AvgIpc) is 3.08. The lowest BCUT2D eigenvalue weighted by molar-refractivity contribution is -0.137. The fourth-order valence-electron chi connectivity index (χ4n) is 3.88. The van der Waals surface area contributed by atoms with E-state index in [0.717, 1.165) is 55.1 Å². The molecule has 0 N–H and O–H groups in total. The lowest BCUT2D eigenvalue weighted by Gasteiger charge is -2.42. The van der Waals surface area contributed by atoms with E-state index in [2.05, 4.69) is 21.3 Å². The van der Waals surface area contributed by atoms with Gasteiger partial charge in [0.05, 0.1) is 22.6 Å². The molecule has 132 valence electrons. The van der Waals surface area contributed by atoms with Gasteiger partial charge < -0.3 is 9.80 Å². The Balaban J connectivity index is 1.29. The molecule has 1 aromatic carbocycles. The molecule has 1 amide bonds. The lowest BCUT2D eigenvalue weighted by Crippen LogP contribution is -2.55. The molecule has 1 saturated heterocycles. The first-order chi connectivity index (χ1) is 12.7. The van der Waals surface area contributed by atoms with Crippen molar-refractivity contribution in [3.63, 3.8) is 0 Å². The predicted molar refractivity (Wildman–Crippen MR) is 103 cm³/mol. The molecule has 1 fully saturated rings. The molecule has 2 aliphatic heterocycles. The Morgan fingerprint density at radius 2 is 1.92 bits per heavy atom. The van der Waals surface area contributed by atoms with Crippen molar-refractivity contribution < 1.29 is 4.79 Å². The van der Waals surface area contributed by atoms with Gasteiger partial charge in [-0.1, -0.05) is 12.1 Å². The van der Waals surface area contributed by atoms with Crippen molar-refractivity contribution >= 4 is 34.1 Å². The van der Waals surface area contributed by atoms with Gasteiger partial charge in [-0.05, 0) is 42.5 Å². The average molecular weight is 364 g/mol. The Hall–Kier alpha value is -2.47.